The van der Waals surface area contributed by atoms with Gasteiger partial charge in [0.1, 0.15) is 10.6 Å². The number of thiophene rings is 1. The molecule has 0 spiro atoms. The van der Waals surface area contributed by atoms with Gasteiger partial charge in [0.05, 0.1) is 5.39 Å². The van der Waals surface area contributed by atoms with Crippen LogP contribution in [0.15, 0.2) is 34.8 Å². The number of aryl methyl sites for hydroxylation is 1. The van der Waals surface area contributed by atoms with Crippen LogP contribution < -0.4 is 4.90 Å². The van der Waals surface area contributed by atoms with Crippen LogP contribution in [0.3, 0.4) is 0 Å². The molecule has 3 nitrogen and oxygen atoms in total. The fourth-order valence-corrected chi connectivity index (χ4v) is 3.81. The molecule has 21 heavy (non-hydrogen) atoms. The van der Waals surface area contributed by atoms with Crippen LogP contribution in [0.5, 0.6) is 0 Å². The Bertz CT molecular complexity index is 803. The average molecular weight is 383 g/mol. The first-order valence-electron chi connectivity index (χ1n) is 6.42. The summed E-state index contributed by atoms with van der Waals surface area (Å²) >= 11 is 11.2. The van der Waals surface area contributed by atoms with Crippen LogP contribution in [0.4, 0.5) is 5.82 Å². The van der Waals surface area contributed by atoms with Crippen LogP contribution in [0.1, 0.15) is 10.4 Å². The zero-order valence-corrected chi connectivity index (χ0v) is 14.8. The van der Waals surface area contributed by atoms with Crippen LogP contribution in [0.2, 0.25) is 5.28 Å². The molecule has 2 heterocycles. The van der Waals surface area contributed by atoms with Crippen LogP contribution in [-0.2, 0) is 6.54 Å². The molecule has 0 atom stereocenters. The summed E-state index contributed by atoms with van der Waals surface area (Å²) in [7, 11) is 2.02. The third kappa shape index (κ3) is 3.20. The molecule has 3 rings (SSSR count). The van der Waals surface area contributed by atoms with Gasteiger partial charge in [-0.3, -0.25) is 0 Å². The summed E-state index contributed by atoms with van der Waals surface area (Å²) in [5.41, 5.74) is 1.21. The van der Waals surface area contributed by atoms with Gasteiger partial charge in [0.15, 0.2) is 0 Å². The second-order valence-electron chi connectivity index (χ2n) is 4.88. The van der Waals surface area contributed by atoms with E-state index < -0.39 is 0 Å². The minimum absolute atomic E-state index is 0.292. The fourth-order valence-electron chi connectivity index (χ4n) is 2.28. The van der Waals surface area contributed by atoms with Crippen molar-refractivity contribution in [3.63, 3.8) is 0 Å². The number of benzene rings is 1. The highest BCUT2D eigenvalue weighted by molar-refractivity contribution is 9.10. The molecule has 0 saturated heterocycles. The second kappa shape index (κ2) is 5.91. The normalized spacial score (nSPS) is 11.0. The molecule has 2 aromatic heterocycles. The van der Waals surface area contributed by atoms with Gasteiger partial charge in [-0.05, 0) is 42.3 Å². The van der Waals surface area contributed by atoms with E-state index in [2.05, 4.69) is 55.9 Å². The summed E-state index contributed by atoms with van der Waals surface area (Å²) in [5, 5.41) is 1.35. The zero-order valence-electron chi connectivity index (χ0n) is 11.6. The van der Waals surface area contributed by atoms with Gasteiger partial charge in [-0.1, -0.05) is 28.1 Å². The van der Waals surface area contributed by atoms with Crippen molar-refractivity contribution >= 4 is 54.9 Å². The maximum absolute atomic E-state index is 6.06. The molecule has 3 aromatic rings. The number of anilines is 1. The Balaban J connectivity index is 1.99. The maximum atomic E-state index is 6.06. The van der Waals surface area contributed by atoms with E-state index in [0.29, 0.717) is 5.28 Å². The number of rotatable bonds is 3. The largest absolute Gasteiger partial charge is 0.355 e. The minimum Gasteiger partial charge on any atom is -0.355 e. The molecular weight excluding hydrogens is 370 g/mol. The Morgan fingerprint density at radius 1 is 1.29 bits per heavy atom. The van der Waals surface area contributed by atoms with E-state index >= 15 is 0 Å². The monoisotopic (exact) mass is 381 g/mol. The van der Waals surface area contributed by atoms with Gasteiger partial charge in [0.25, 0.3) is 0 Å². The summed E-state index contributed by atoms with van der Waals surface area (Å²) < 4.78 is 1.07. The molecule has 0 aliphatic rings. The van der Waals surface area contributed by atoms with E-state index in [0.717, 1.165) is 27.1 Å². The van der Waals surface area contributed by atoms with Crippen LogP contribution in [0, 0.1) is 6.92 Å². The first-order valence-corrected chi connectivity index (χ1v) is 8.41. The number of fused-ring (bicyclic) bond motifs is 1. The summed E-state index contributed by atoms with van der Waals surface area (Å²) in [4.78, 5) is 12.9. The quantitative estimate of drug-likeness (QED) is 0.593. The van der Waals surface area contributed by atoms with Crippen molar-refractivity contribution in [2.75, 3.05) is 11.9 Å². The van der Waals surface area contributed by atoms with Crippen LogP contribution in [-0.4, -0.2) is 17.0 Å². The Hall–Kier alpha value is -1.17. The number of aromatic nitrogens is 2. The van der Waals surface area contributed by atoms with Gasteiger partial charge in [-0.2, -0.15) is 4.98 Å². The Kier molecular flexibility index (Phi) is 4.15. The average Bonchev–Trinajstić information content (AvgIpc) is 2.77. The molecule has 1 aromatic carbocycles. The highest BCUT2D eigenvalue weighted by Gasteiger charge is 2.13. The molecule has 108 valence electrons. The van der Waals surface area contributed by atoms with E-state index in [-0.39, 0.29) is 0 Å². The Morgan fingerprint density at radius 2 is 2.10 bits per heavy atom. The van der Waals surface area contributed by atoms with E-state index in [9.17, 15) is 0 Å². The molecule has 0 amide bonds. The van der Waals surface area contributed by atoms with Gasteiger partial charge in [-0.15, -0.1) is 11.3 Å². The van der Waals surface area contributed by atoms with Crippen LogP contribution >= 0.6 is 38.9 Å². The number of hydrogen-bond acceptors (Lipinski definition) is 4. The SMILES string of the molecule is Cc1cc2c(N(C)Cc3cccc(Br)c3)nc(Cl)nc2s1. The number of nitrogens with zero attached hydrogens (tertiary/aromatic N) is 3. The molecule has 0 radical (unpaired) electrons. The Morgan fingerprint density at radius 3 is 2.86 bits per heavy atom. The van der Waals surface area contributed by atoms with Crippen molar-refractivity contribution in [2.45, 2.75) is 13.5 Å². The van der Waals surface area contributed by atoms with E-state index in [1.165, 1.54) is 10.4 Å². The van der Waals surface area contributed by atoms with Crippen molar-refractivity contribution in [1.82, 2.24) is 9.97 Å². The van der Waals surface area contributed by atoms with Crippen molar-refractivity contribution in [3.8, 4) is 0 Å². The molecular formula is C15H13BrClN3S. The molecule has 6 heteroatoms. The minimum atomic E-state index is 0.292. The summed E-state index contributed by atoms with van der Waals surface area (Å²) in [5.74, 6) is 0.870. The first-order chi connectivity index (χ1) is 10.0. The van der Waals surface area contributed by atoms with Crippen molar-refractivity contribution in [3.05, 3.63) is 50.5 Å². The lowest BCUT2D eigenvalue weighted by Crippen LogP contribution is -2.18. The molecule has 0 saturated carbocycles. The summed E-state index contributed by atoms with van der Waals surface area (Å²) in [6, 6.07) is 10.4. The van der Waals surface area contributed by atoms with E-state index in [4.69, 9.17) is 11.6 Å². The van der Waals surface area contributed by atoms with Crippen molar-refractivity contribution in [1.29, 1.82) is 0 Å². The predicted molar refractivity (Wildman–Crippen MR) is 93.4 cm³/mol. The van der Waals surface area contributed by atoms with E-state index in [1.54, 1.807) is 11.3 Å². The molecule has 0 aliphatic carbocycles. The van der Waals surface area contributed by atoms with Gasteiger partial charge >= 0.3 is 0 Å². The molecule has 0 fully saturated rings. The van der Waals surface area contributed by atoms with Gasteiger partial charge in [0.2, 0.25) is 5.28 Å². The van der Waals surface area contributed by atoms with E-state index in [1.807, 2.05) is 19.2 Å². The molecule has 0 aliphatic heterocycles. The second-order valence-corrected chi connectivity index (χ2v) is 7.37. The lowest BCUT2D eigenvalue weighted by Gasteiger charge is -2.19. The lowest BCUT2D eigenvalue weighted by molar-refractivity contribution is 0.900. The standard InChI is InChI=1S/C15H13BrClN3S/c1-9-6-12-13(18-15(17)19-14(12)21-9)20(2)8-10-4-3-5-11(16)7-10/h3-7H,8H2,1-2H3. The first kappa shape index (κ1) is 14.8. The molecule has 0 unspecified atom stereocenters. The maximum Gasteiger partial charge on any atom is 0.225 e. The Labute approximate surface area is 140 Å². The highest BCUT2D eigenvalue weighted by atomic mass is 79.9. The lowest BCUT2D eigenvalue weighted by atomic mass is 10.2. The highest BCUT2D eigenvalue weighted by Crippen LogP contribution is 2.31. The molecule has 0 bridgehead atoms. The van der Waals surface area contributed by atoms with Crippen molar-refractivity contribution in [2.24, 2.45) is 0 Å². The van der Waals surface area contributed by atoms with Crippen LogP contribution in [0.25, 0.3) is 10.2 Å². The van der Waals surface area contributed by atoms with Gasteiger partial charge < -0.3 is 4.90 Å². The topological polar surface area (TPSA) is 29.0 Å². The van der Waals surface area contributed by atoms with Gasteiger partial charge in [0, 0.05) is 22.9 Å². The third-order valence-electron chi connectivity index (χ3n) is 3.14. The predicted octanol–water partition coefficient (Wildman–Crippen LogP) is 5.05. The number of hydrogen-bond donors (Lipinski definition) is 0. The number of halogens is 2. The third-order valence-corrected chi connectivity index (χ3v) is 4.75. The smallest absolute Gasteiger partial charge is 0.225 e. The summed E-state index contributed by atoms with van der Waals surface area (Å²) in [6.45, 7) is 2.83. The molecule has 0 N–H and O–H groups in total. The van der Waals surface area contributed by atoms with Crippen molar-refractivity contribution < 1.29 is 0 Å². The zero-order chi connectivity index (χ0) is 15.0. The summed E-state index contributed by atoms with van der Waals surface area (Å²) in [6.07, 6.45) is 0. The fraction of sp³-hybridized carbons (Fsp3) is 0.200. The van der Waals surface area contributed by atoms with Gasteiger partial charge in [-0.25, -0.2) is 4.98 Å².